The highest BCUT2D eigenvalue weighted by molar-refractivity contribution is 9.10. The molecule has 0 heterocycles. The van der Waals surface area contributed by atoms with Crippen LogP contribution < -0.4 is 25.5 Å². The quantitative estimate of drug-likeness (QED) is 0.192. The molecule has 0 fully saturated rings. The molecule has 0 radical (unpaired) electrons. The maximum Gasteiger partial charge on any atom is 0.329 e. The molecular weight excluding hydrogens is 552 g/mol. The molecule has 0 aliphatic rings. The van der Waals surface area contributed by atoms with Crippen LogP contribution in [0.5, 0.6) is 11.5 Å². The minimum Gasteiger partial charge on any atom is -0.493 e. The maximum atomic E-state index is 12.5. The Morgan fingerprint density at radius 2 is 1.71 bits per heavy atom. The van der Waals surface area contributed by atoms with Crippen molar-refractivity contribution in [2.24, 2.45) is 5.10 Å². The minimum absolute atomic E-state index is 0.234. The molecule has 3 rings (SSSR count). The number of benzene rings is 3. The first-order chi connectivity index (χ1) is 18.2. The van der Waals surface area contributed by atoms with E-state index >= 15 is 0 Å². The standard InChI is InChI=1S/C28H29BrN4O5/c1-5-20-10-6-7-11-23(20)32-27(35)28(36)33-30-15-19-13-21(29)26(24(14-19)37-4)38-16-25(34)31-22-12-8-9-17(2)18(22)3/h6-15H,5,16H2,1-4H3,(H,31,34)(H,32,35)(H,33,36)/b30-15-. The molecule has 3 aromatic carbocycles. The van der Waals surface area contributed by atoms with Crippen molar-refractivity contribution in [2.45, 2.75) is 27.2 Å². The summed E-state index contributed by atoms with van der Waals surface area (Å²) in [4.78, 5) is 36.9. The second kappa shape index (κ2) is 13.4. The second-order valence-electron chi connectivity index (χ2n) is 8.28. The van der Waals surface area contributed by atoms with Gasteiger partial charge in [0.15, 0.2) is 18.1 Å². The molecule has 0 aliphatic heterocycles. The van der Waals surface area contributed by atoms with Crippen molar-refractivity contribution in [2.75, 3.05) is 24.4 Å². The van der Waals surface area contributed by atoms with E-state index in [4.69, 9.17) is 9.47 Å². The van der Waals surface area contributed by atoms with Gasteiger partial charge in [-0.3, -0.25) is 14.4 Å². The number of hydrogen-bond acceptors (Lipinski definition) is 6. The van der Waals surface area contributed by atoms with Crippen LogP contribution in [0.2, 0.25) is 0 Å². The average Bonchev–Trinajstić information content (AvgIpc) is 2.90. The van der Waals surface area contributed by atoms with Crippen LogP contribution in [0.25, 0.3) is 0 Å². The van der Waals surface area contributed by atoms with Crippen LogP contribution in [0.1, 0.15) is 29.2 Å². The summed E-state index contributed by atoms with van der Waals surface area (Å²) >= 11 is 3.42. The SMILES string of the molecule is CCc1ccccc1NC(=O)C(=O)N/N=C\c1cc(Br)c(OCC(=O)Nc2cccc(C)c2C)c(OC)c1. The number of ether oxygens (including phenoxy) is 2. The molecule has 3 N–H and O–H groups in total. The number of amides is 3. The highest BCUT2D eigenvalue weighted by atomic mass is 79.9. The number of para-hydroxylation sites is 1. The summed E-state index contributed by atoms with van der Waals surface area (Å²) in [6.07, 6.45) is 2.07. The summed E-state index contributed by atoms with van der Waals surface area (Å²) in [5.74, 6) is -1.38. The van der Waals surface area contributed by atoms with Crippen molar-refractivity contribution in [3.8, 4) is 11.5 Å². The van der Waals surface area contributed by atoms with Crippen molar-refractivity contribution in [1.29, 1.82) is 0 Å². The Balaban J connectivity index is 1.60. The van der Waals surface area contributed by atoms with Crippen molar-refractivity contribution < 1.29 is 23.9 Å². The van der Waals surface area contributed by atoms with Crippen LogP contribution in [-0.2, 0) is 20.8 Å². The second-order valence-corrected chi connectivity index (χ2v) is 9.14. The number of carbonyl (C=O) groups is 3. The zero-order valence-corrected chi connectivity index (χ0v) is 23.1. The van der Waals surface area contributed by atoms with Gasteiger partial charge in [0.25, 0.3) is 5.91 Å². The molecular formula is C28H29BrN4O5. The average molecular weight is 581 g/mol. The number of nitrogens with one attached hydrogen (secondary N) is 3. The third kappa shape index (κ3) is 7.42. The minimum atomic E-state index is -0.909. The molecule has 38 heavy (non-hydrogen) atoms. The molecule has 0 unspecified atom stereocenters. The van der Waals surface area contributed by atoms with Crippen molar-refractivity contribution in [3.05, 3.63) is 81.3 Å². The summed E-state index contributed by atoms with van der Waals surface area (Å²) in [6.45, 7) is 5.63. The molecule has 0 atom stereocenters. The lowest BCUT2D eigenvalue weighted by molar-refractivity contribution is -0.136. The Kier molecular flexibility index (Phi) is 10.0. The third-order valence-corrected chi connectivity index (χ3v) is 6.30. The van der Waals surface area contributed by atoms with E-state index in [1.165, 1.54) is 13.3 Å². The molecule has 9 nitrogen and oxygen atoms in total. The number of hydrogen-bond donors (Lipinski definition) is 3. The number of rotatable bonds is 9. The van der Waals surface area contributed by atoms with Crippen molar-refractivity contribution >= 4 is 51.2 Å². The predicted molar refractivity (Wildman–Crippen MR) is 151 cm³/mol. The topological polar surface area (TPSA) is 118 Å². The number of halogens is 1. The molecule has 3 amide bonds. The van der Waals surface area contributed by atoms with Crippen LogP contribution in [0.15, 0.2) is 64.2 Å². The van der Waals surface area contributed by atoms with Gasteiger partial charge >= 0.3 is 11.8 Å². The first-order valence-electron chi connectivity index (χ1n) is 11.8. The van der Waals surface area contributed by atoms with Gasteiger partial charge in [0.05, 0.1) is 17.8 Å². The monoisotopic (exact) mass is 580 g/mol. The largest absolute Gasteiger partial charge is 0.493 e. The zero-order valence-electron chi connectivity index (χ0n) is 21.6. The van der Waals surface area contributed by atoms with Crippen LogP contribution in [0, 0.1) is 13.8 Å². The summed E-state index contributed by atoms with van der Waals surface area (Å²) in [5.41, 5.74) is 7.04. The first kappa shape index (κ1) is 28.4. The van der Waals surface area contributed by atoms with Gasteiger partial charge in [0.2, 0.25) is 0 Å². The molecule has 0 spiro atoms. The van der Waals surface area contributed by atoms with Gasteiger partial charge in [-0.1, -0.05) is 37.3 Å². The van der Waals surface area contributed by atoms with E-state index in [1.807, 2.05) is 51.1 Å². The van der Waals surface area contributed by atoms with Crippen molar-refractivity contribution in [1.82, 2.24) is 5.43 Å². The van der Waals surface area contributed by atoms with E-state index in [9.17, 15) is 14.4 Å². The van der Waals surface area contributed by atoms with E-state index in [1.54, 1.807) is 24.3 Å². The molecule has 198 valence electrons. The third-order valence-electron chi connectivity index (χ3n) is 5.71. The number of methoxy groups -OCH3 is 1. The number of carbonyl (C=O) groups excluding carboxylic acids is 3. The Morgan fingerprint density at radius 1 is 0.974 bits per heavy atom. The van der Waals surface area contributed by atoms with Gasteiger partial charge in [0.1, 0.15) is 0 Å². The molecule has 10 heteroatoms. The lowest BCUT2D eigenvalue weighted by atomic mass is 10.1. The zero-order chi connectivity index (χ0) is 27.7. The van der Waals surface area contributed by atoms with E-state index in [0.29, 0.717) is 33.6 Å². The Bertz CT molecular complexity index is 1370. The first-order valence-corrected chi connectivity index (χ1v) is 12.6. The van der Waals surface area contributed by atoms with Crippen LogP contribution >= 0.6 is 15.9 Å². The molecule has 0 aliphatic carbocycles. The van der Waals surface area contributed by atoms with Crippen LogP contribution in [-0.4, -0.2) is 37.7 Å². The van der Waals surface area contributed by atoms with E-state index in [2.05, 4.69) is 37.1 Å². The summed E-state index contributed by atoms with van der Waals surface area (Å²) in [6, 6.07) is 16.2. The lowest BCUT2D eigenvalue weighted by Crippen LogP contribution is -2.32. The summed E-state index contributed by atoms with van der Waals surface area (Å²) < 4.78 is 11.6. The molecule has 0 bridgehead atoms. The molecule has 0 saturated heterocycles. The van der Waals surface area contributed by atoms with Gasteiger partial charge < -0.3 is 20.1 Å². The number of hydrazone groups is 1. The summed E-state index contributed by atoms with van der Waals surface area (Å²) in [5, 5.41) is 9.29. The number of nitrogens with zero attached hydrogens (tertiary/aromatic N) is 1. The molecule has 0 saturated carbocycles. The fourth-order valence-electron chi connectivity index (χ4n) is 3.51. The Morgan fingerprint density at radius 3 is 2.45 bits per heavy atom. The van der Waals surface area contributed by atoms with E-state index in [-0.39, 0.29) is 12.5 Å². The van der Waals surface area contributed by atoms with Gasteiger partial charge in [-0.2, -0.15) is 5.10 Å². The molecule has 0 aromatic heterocycles. The smallest absolute Gasteiger partial charge is 0.329 e. The van der Waals surface area contributed by atoms with E-state index < -0.39 is 11.8 Å². The Labute approximate surface area is 229 Å². The van der Waals surface area contributed by atoms with Crippen LogP contribution in [0.4, 0.5) is 11.4 Å². The number of anilines is 2. The highest BCUT2D eigenvalue weighted by Gasteiger charge is 2.16. The number of aryl methyl sites for hydroxylation is 2. The maximum absolute atomic E-state index is 12.5. The fraction of sp³-hybridized carbons (Fsp3) is 0.214. The Hall–Kier alpha value is -4.18. The normalized spacial score (nSPS) is 10.7. The van der Waals surface area contributed by atoms with Gasteiger partial charge in [-0.05, 0) is 82.7 Å². The van der Waals surface area contributed by atoms with Gasteiger partial charge in [0, 0.05) is 11.4 Å². The van der Waals surface area contributed by atoms with Gasteiger partial charge in [-0.15, -0.1) is 0 Å². The summed E-state index contributed by atoms with van der Waals surface area (Å²) in [7, 11) is 1.46. The highest BCUT2D eigenvalue weighted by Crippen LogP contribution is 2.36. The van der Waals surface area contributed by atoms with Gasteiger partial charge in [-0.25, -0.2) is 5.43 Å². The van der Waals surface area contributed by atoms with E-state index in [0.717, 1.165) is 22.4 Å². The lowest BCUT2D eigenvalue weighted by Gasteiger charge is -2.14. The van der Waals surface area contributed by atoms with Crippen molar-refractivity contribution in [3.63, 3.8) is 0 Å². The fourth-order valence-corrected chi connectivity index (χ4v) is 4.08. The molecule has 3 aromatic rings. The predicted octanol–water partition coefficient (Wildman–Crippen LogP) is 4.74. The van der Waals surface area contributed by atoms with Crippen LogP contribution in [0.3, 0.4) is 0 Å².